The van der Waals surface area contributed by atoms with Gasteiger partial charge in [0.15, 0.2) is 0 Å². The largest absolute Gasteiger partial charge is 0.373 e. The van der Waals surface area contributed by atoms with Crippen LogP contribution in [0, 0.1) is 0 Å². The normalized spacial score (nSPS) is 23.2. The number of ether oxygens (including phenoxy) is 2. The molecule has 4 rings (SSSR count). The van der Waals surface area contributed by atoms with E-state index in [0.29, 0.717) is 19.8 Å². The number of H-pyrrole nitrogens is 1. The van der Waals surface area contributed by atoms with Gasteiger partial charge in [-0.05, 0) is 12.5 Å². The maximum Gasteiger partial charge on any atom is 0.254 e. The topological polar surface area (TPSA) is 67.5 Å². The van der Waals surface area contributed by atoms with Crippen LogP contribution in [0.3, 0.4) is 0 Å². The van der Waals surface area contributed by atoms with Crippen LogP contribution in [0.5, 0.6) is 0 Å². The molecule has 2 aliphatic rings. The van der Waals surface area contributed by atoms with Crippen molar-refractivity contribution in [2.24, 2.45) is 0 Å². The summed E-state index contributed by atoms with van der Waals surface area (Å²) in [6.07, 6.45) is 4.59. The minimum Gasteiger partial charge on any atom is -0.373 e. The maximum atomic E-state index is 12.7. The SMILES string of the molecule is CC.O=C(c1csc(-c2cn[nH]c2)c1)N1CCC2OCCOC2C1. The number of hydrogen-bond acceptors (Lipinski definition) is 5. The summed E-state index contributed by atoms with van der Waals surface area (Å²) in [5.74, 6) is 0.0682. The minimum absolute atomic E-state index is 0.0124. The van der Waals surface area contributed by atoms with Gasteiger partial charge in [-0.1, -0.05) is 13.8 Å². The number of fused-ring (bicyclic) bond motifs is 1. The van der Waals surface area contributed by atoms with Gasteiger partial charge in [0.1, 0.15) is 6.10 Å². The van der Waals surface area contributed by atoms with Crippen LogP contribution in [0.25, 0.3) is 10.4 Å². The molecule has 1 N–H and O–H groups in total. The van der Waals surface area contributed by atoms with Gasteiger partial charge in [0.05, 0.1) is 31.1 Å². The first kappa shape index (κ1) is 17.1. The Balaban J connectivity index is 0.000000815. The molecular formula is C17H23N3O3S. The summed E-state index contributed by atoms with van der Waals surface area (Å²) in [6, 6.07) is 1.93. The van der Waals surface area contributed by atoms with Gasteiger partial charge < -0.3 is 14.4 Å². The van der Waals surface area contributed by atoms with Gasteiger partial charge in [-0.3, -0.25) is 9.89 Å². The summed E-state index contributed by atoms with van der Waals surface area (Å²) < 4.78 is 11.4. The highest BCUT2D eigenvalue weighted by molar-refractivity contribution is 7.13. The molecule has 2 atom stereocenters. The van der Waals surface area contributed by atoms with Crippen molar-refractivity contribution in [2.75, 3.05) is 26.3 Å². The first-order valence-electron chi connectivity index (χ1n) is 8.41. The third-order valence-corrected chi connectivity index (χ3v) is 5.14. The highest BCUT2D eigenvalue weighted by Gasteiger charge is 2.35. The molecule has 2 aliphatic heterocycles. The number of hydrogen-bond donors (Lipinski definition) is 1. The van der Waals surface area contributed by atoms with Crippen molar-refractivity contribution in [3.8, 4) is 10.4 Å². The Bertz CT molecular complexity index is 656. The van der Waals surface area contributed by atoms with Gasteiger partial charge in [-0.2, -0.15) is 5.10 Å². The molecule has 0 bridgehead atoms. The number of carbonyl (C=O) groups is 1. The summed E-state index contributed by atoms with van der Waals surface area (Å²) in [7, 11) is 0. The van der Waals surface area contributed by atoms with Crippen LogP contribution >= 0.6 is 11.3 Å². The molecule has 2 aromatic rings. The Hall–Kier alpha value is -1.70. The van der Waals surface area contributed by atoms with Gasteiger partial charge in [-0.15, -0.1) is 11.3 Å². The first-order valence-corrected chi connectivity index (χ1v) is 9.29. The molecule has 0 radical (unpaired) electrons. The van der Waals surface area contributed by atoms with Crippen LogP contribution in [0.4, 0.5) is 0 Å². The molecule has 1 amide bonds. The maximum absolute atomic E-state index is 12.7. The third-order valence-electron chi connectivity index (χ3n) is 4.16. The Labute approximate surface area is 145 Å². The number of thiophene rings is 1. The molecule has 2 aromatic heterocycles. The fourth-order valence-electron chi connectivity index (χ4n) is 3.00. The number of aromatic amines is 1. The average Bonchev–Trinajstić information content (AvgIpc) is 3.33. The molecule has 2 unspecified atom stereocenters. The number of rotatable bonds is 2. The molecule has 24 heavy (non-hydrogen) atoms. The Morgan fingerprint density at radius 2 is 2.12 bits per heavy atom. The fourth-order valence-corrected chi connectivity index (χ4v) is 3.86. The number of nitrogens with zero attached hydrogens (tertiary/aromatic N) is 2. The predicted octanol–water partition coefficient (Wildman–Crippen LogP) is 2.79. The summed E-state index contributed by atoms with van der Waals surface area (Å²) in [5.41, 5.74) is 1.74. The molecule has 2 fully saturated rings. The van der Waals surface area contributed by atoms with E-state index in [1.54, 1.807) is 17.5 Å². The minimum atomic E-state index is 0.0124. The van der Waals surface area contributed by atoms with E-state index in [1.807, 2.05) is 36.4 Å². The second kappa shape index (κ2) is 7.92. The van der Waals surface area contributed by atoms with E-state index in [2.05, 4.69) is 10.2 Å². The van der Waals surface area contributed by atoms with Crippen LogP contribution in [0.15, 0.2) is 23.8 Å². The Morgan fingerprint density at radius 3 is 2.88 bits per heavy atom. The van der Waals surface area contributed by atoms with Gasteiger partial charge in [0.25, 0.3) is 5.91 Å². The van der Waals surface area contributed by atoms with E-state index in [9.17, 15) is 4.79 Å². The fraction of sp³-hybridized carbons (Fsp3) is 0.529. The van der Waals surface area contributed by atoms with Crippen molar-refractivity contribution in [1.82, 2.24) is 15.1 Å². The summed E-state index contributed by atoms with van der Waals surface area (Å²) in [6.45, 7) is 6.61. The van der Waals surface area contributed by atoms with Crippen molar-refractivity contribution < 1.29 is 14.3 Å². The number of nitrogens with one attached hydrogen (secondary N) is 1. The molecule has 6 nitrogen and oxygen atoms in total. The van der Waals surface area contributed by atoms with Crippen LogP contribution in [0.1, 0.15) is 30.6 Å². The number of aromatic nitrogens is 2. The molecular weight excluding hydrogens is 326 g/mol. The number of likely N-dealkylation sites (tertiary alicyclic amines) is 1. The van der Waals surface area contributed by atoms with Gasteiger partial charge in [-0.25, -0.2) is 0 Å². The first-order chi connectivity index (χ1) is 11.8. The zero-order valence-corrected chi connectivity index (χ0v) is 14.8. The van der Waals surface area contributed by atoms with Gasteiger partial charge in [0.2, 0.25) is 0 Å². The quantitative estimate of drug-likeness (QED) is 0.905. The van der Waals surface area contributed by atoms with Crippen LogP contribution < -0.4 is 0 Å². The summed E-state index contributed by atoms with van der Waals surface area (Å²) in [4.78, 5) is 15.6. The predicted molar refractivity (Wildman–Crippen MR) is 93.2 cm³/mol. The van der Waals surface area contributed by atoms with E-state index in [1.165, 1.54) is 0 Å². The molecule has 4 heterocycles. The lowest BCUT2D eigenvalue weighted by Crippen LogP contribution is -2.53. The zero-order chi connectivity index (χ0) is 16.9. The van der Waals surface area contributed by atoms with Crippen LogP contribution in [-0.2, 0) is 9.47 Å². The van der Waals surface area contributed by atoms with Crippen molar-refractivity contribution >= 4 is 17.2 Å². The second-order valence-electron chi connectivity index (χ2n) is 5.54. The van der Waals surface area contributed by atoms with E-state index in [4.69, 9.17) is 9.47 Å². The molecule has 2 saturated heterocycles. The smallest absolute Gasteiger partial charge is 0.254 e. The van der Waals surface area contributed by atoms with Crippen molar-refractivity contribution in [1.29, 1.82) is 0 Å². The standard InChI is InChI=1S/C15H17N3O3S.C2H6/c19-15(10-5-14(22-9-10)11-6-16-17-7-11)18-2-1-12-13(8-18)21-4-3-20-12;1-2/h5-7,9,12-13H,1-4,8H2,(H,16,17);1-2H3. The molecule has 0 spiro atoms. The van der Waals surface area contributed by atoms with E-state index in [-0.39, 0.29) is 18.1 Å². The second-order valence-corrected chi connectivity index (χ2v) is 6.46. The lowest BCUT2D eigenvalue weighted by atomic mass is 10.0. The molecule has 0 saturated carbocycles. The van der Waals surface area contributed by atoms with Crippen LogP contribution in [-0.4, -0.2) is 59.5 Å². The van der Waals surface area contributed by atoms with Gasteiger partial charge in [0, 0.05) is 35.1 Å². The Kier molecular flexibility index (Phi) is 5.65. The van der Waals surface area contributed by atoms with Crippen LogP contribution in [0.2, 0.25) is 0 Å². The average molecular weight is 349 g/mol. The van der Waals surface area contributed by atoms with Crippen molar-refractivity contribution in [3.05, 3.63) is 29.4 Å². The number of amides is 1. The van der Waals surface area contributed by atoms with Gasteiger partial charge >= 0.3 is 0 Å². The lowest BCUT2D eigenvalue weighted by Gasteiger charge is -2.40. The number of carbonyl (C=O) groups excluding carboxylic acids is 1. The summed E-state index contributed by atoms with van der Waals surface area (Å²) in [5, 5.41) is 8.65. The van der Waals surface area contributed by atoms with E-state index >= 15 is 0 Å². The van der Waals surface area contributed by atoms with Crippen molar-refractivity contribution in [2.45, 2.75) is 32.5 Å². The summed E-state index contributed by atoms with van der Waals surface area (Å²) >= 11 is 1.56. The van der Waals surface area contributed by atoms with E-state index < -0.39 is 0 Å². The highest BCUT2D eigenvalue weighted by Crippen LogP contribution is 2.28. The number of piperidine rings is 1. The third kappa shape index (κ3) is 3.53. The lowest BCUT2D eigenvalue weighted by molar-refractivity contribution is -0.160. The monoisotopic (exact) mass is 349 g/mol. The Morgan fingerprint density at radius 1 is 1.33 bits per heavy atom. The molecule has 0 aromatic carbocycles. The van der Waals surface area contributed by atoms with Crippen molar-refractivity contribution in [3.63, 3.8) is 0 Å². The molecule has 7 heteroatoms. The highest BCUT2D eigenvalue weighted by atomic mass is 32.1. The zero-order valence-electron chi connectivity index (χ0n) is 14.0. The van der Waals surface area contributed by atoms with E-state index in [0.717, 1.165) is 29.0 Å². The molecule has 0 aliphatic carbocycles. The molecule has 130 valence electrons.